The maximum absolute atomic E-state index is 12.3. The zero-order valence-electron chi connectivity index (χ0n) is 17.7. The lowest BCUT2D eigenvalue weighted by molar-refractivity contribution is -0.152. The lowest BCUT2D eigenvalue weighted by Crippen LogP contribution is -2.37. The summed E-state index contributed by atoms with van der Waals surface area (Å²) in [5, 5.41) is 9.59. The number of carboxylic acids is 1. The van der Waals surface area contributed by atoms with Crippen LogP contribution in [0.4, 0.5) is 0 Å². The summed E-state index contributed by atoms with van der Waals surface area (Å²) in [7, 11) is 0. The lowest BCUT2D eigenvalue weighted by Gasteiger charge is -2.21. The quantitative estimate of drug-likeness (QED) is 0.199. The van der Waals surface area contributed by atoms with Gasteiger partial charge in [0.05, 0.1) is 0 Å². The molecule has 7 N–H and O–H groups in total. The number of halogens is 1. The molecule has 0 bridgehead atoms. The van der Waals surface area contributed by atoms with Crippen molar-refractivity contribution in [1.29, 1.82) is 0 Å². The number of ketones is 1. The minimum atomic E-state index is -1.33. The summed E-state index contributed by atoms with van der Waals surface area (Å²) >= 11 is 5.79. The molecule has 0 spiro atoms. The largest absolute Gasteiger partial charge is 0.478 e. The van der Waals surface area contributed by atoms with Gasteiger partial charge >= 0.3 is 5.97 Å². The minimum Gasteiger partial charge on any atom is -0.478 e. The van der Waals surface area contributed by atoms with Gasteiger partial charge < -0.3 is 27.0 Å². The number of ether oxygens (including phenoxy) is 1. The van der Waals surface area contributed by atoms with E-state index in [1.54, 1.807) is 48.5 Å². The first-order chi connectivity index (χ1) is 14.6. The van der Waals surface area contributed by atoms with Crippen LogP contribution < -0.4 is 21.9 Å². The second-order valence-electron chi connectivity index (χ2n) is 7.08. The molecule has 9 heteroatoms. The van der Waals surface area contributed by atoms with E-state index in [-0.39, 0.29) is 11.7 Å². The van der Waals surface area contributed by atoms with Crippen LogP contribution in [0.15, 0.2) is 53.5 Å². The summed E-state index contributed by atoms with van der Waals surface area (Å²) in [5.74, 6) is -0.651. The van der Waals surface area contributed by atoms with Crippen LogP contribution >= 0.6 is 11.6 Å². The molecule has 0 fully saturated rings. The van der Waals surface area contributed by atoms with Crippen LogP contribution in [-0.2, 0) is 4.79 Å². The Balaban J connectivity index is 0.000000452. The fourth-order valence-electron chi connectivity index (χ4n) is 2.24. The van der Waals surface area contributed by atoms with E-state index in [2.05, 4.69) is 4.99 Å². The van der Waals surface area contributed by atoms with Gasteiger partial charge in [-0.2, -0.15) is 0 Å². The predicted octanol–water partition coefficient (Wildman–Crippen LogP) is 2.81. The molecule has 0 aliphatic heterocycles. The Hall–Kier alpha value is -3.10. The Morgan fingerprint density at radius 1 is 1.00 bits per heavy atom. The van der Waals surface area contributed by atoms with E-state index >= 15 is 0 Å². The number of nitrogens with zero attached hydrogens (tertiary/aromatic N) is 1. The van der Waals surface area contributed by atoms with Gasteiger partial charge in [0.25, 0.3) is 0 Å². The van der Waals surface area contributed by atoms with Gasteiger partial charge in [0.2, 0.25) is 0 Å². The molecule has 0 radical (unpaired) electrons. The average molecular weight is 449 g/mol. The molecule has 0 heterocycles. The molecule has 2 aromatic carbocycles. The number of unbranched alkanes of at least 4 members (excludes halogenated alkanes) is 1. The monoisotopic (exact) mass is 448 g/mol. The lowest BCUT2D eigenvalue weighted by atomic mass is 10.0. The predicted molar refractivity (Wildman–Crippen MR) is 123 cm³/mol. The van der Waals surface area contributed by atoms with Gasteiger partial charge in [0.1, 0.15) is 5.75 Å². The van der Waals surface area contributed by atoms with Gasteiger partial charge in [0.15, 0.2) is 17.3 Å². The first-order valence-electron chi connectivity index (χ1n) is 9.65. The van der Waals surface area contributed by atoms with E-state index in [9.17, 15) is 9.59 Å². The normalized spacial score (nSPS) is 10.5. The van der Waals surface area contributed by atoms with E-state index in [0.29, 0.717) is 35.0 Å². The number of carbonyl (C=O) groups excluding carboxylic acids is 1. The number of carbonyl (C=O) groups is 2. The number of rotatable bonds is 9. The zero-order chi connectivity index (χ0) is 23.4. The standard InChI is InChI=1S/C17H15ClO4.C5H14N4/c1-17(2,16(20)21)22-14-9-5-12(6-10-14)15(19)11-3-7-13(18)8-4-11;6-3-1-2-4-9-5(7)8/h3-10H,1-2H3,(H,20,21);1-4,6H2,(H4,7,8,9). The van der Waals surface area contributed by atoms with Crippen LogP contribution in [0, 0.1) is 0 Å². The molecule has 0 saturated carbocycles. The van der Waals surface area contributed by atoms with Crippen molar-refractivity contribution < 1.29 is 19.4 Å². The second kappa shape index (κ2) is 12.6. The van der Waals surface area contributed by atoms with Crippen molar-refractivity contribution in [2.75, 3.05) is 13.1 Å². The third-order valence-electron chi connectivity index (χ3n) is 4.02. The van der Waals surface area contributed by atoms with Crippen molar-refractivity contribution in [1.82, 2.24) is 0 Å². The van der Waals surface area contributed by atoms with Crippen molar-refractivity contribution >= 4 is 29.3 Å². The van der Waals surface area contributed by atoms with Gasteiger partial charge in [-0.15, -0.1) is 0 Å². The number of aliphatic imine (C=N–C) groups is 1. The van der Waals surface area contributed by atoms with Crippen LogP contribution in [-0.4, -0.2) is 41.5 Å². The van der Waals surface area contributed by atoms with Gasteiger partial charge in [-0.3, -0.25) is 9.79 Å². The fourth-order valence-corrected chi connectivity index (χ4v) is 2.37. The molecule has 0 aromatic heterocycles. The molecular weight excluding hydrogens is 420 g/mol. The Kier molecular flexibility index (Phi) is 10.5. The molecular formula is C22H29ClN4O4. The highest BCUT2D eigenvalue weighted by molar-refractivity contribution is 6.30. The SMILES string of the molecule is CC(C)(Oc1ccc(C(=O)c2ccc(Cl)cc2)cc1)C(=O)O.NCCCCN=C(N)N. The molecule has 0 unspecified atom stereocenters. The van der Waals surface area contributed by atoms with Crippen molar-refractivity contribution in [3.63, 3.8) is 0 Å². The van der Waals surface area contributed by atoms with Crippen molar-refractivity contribution in [3.05, 3.63) is 64.7 Å². The van der Waals surface area contributed by atoms with Gasteiger partial charge in [-0.25, -0.2) is 4.79 Å². The van der Waals surface area contributed by atoms with E-state index in [0.717, 1.165) is 12.8 Å². The molecule has 168 valence electrons. The Morgan fingerprint density at radius 3 is 1.97 bits per heavy atom. The summed E-state index contributed by atoms with van der Waals surface area (Å²) in [4.78, 5) is 27.1. The van der Waals surface area contributed by atoms with Crippen LogP contribution in [0.3, 0.4) is 0 Å². The Bertz CT molecular complexity index is 877. The maximum atomic E-state index is 12.3. The first kappa shape index (κ1) is 25.9. The van der Waals surface area contributed by atoms with Gasteiger partial charge in [-0.1, -0.05) is 11.6 Å². The van der Waals surface area contributed by atoms with E-state index in [1.807, 2.05) is 0 Å². The highest BCUT2D eigenvalue weighted by Gasteiger charge is 2.29. The summed E-state index contributed by atoms with van der Waals surface area (Å²) in [6.07, 6.45) is 1.95. The third-order valence-corrected chi connectivity index (χ3v) is 4.27. The Morgan fingerprint density at radius 2 is 1.52 bits per heavy atom. The molecule has 0 aliphatic rings. The number of nitrogens with two attached hydrogens (primary N) is 3. The summed E-state index contributed by atoms with van der Waals surface area (Å²) in [6, 6.07) is 13.0. The minimum absolute atomic E-state index is 0.138. The molecule has 0 amide bonds. The van der Waals surface area contributed by atoms with Crippen LogP contribution in [0.25, 0.3) is 0 Å². The van der Waals surface area contributed by atoms with Gasteiger partial charge in [0, 0.05) is 22.7 Å². The zero-order valence-corrected chi connectivity index (χ0v) is 18.4. The van der Waals surface area contributed by atoms with E-state index < -0.39 is 11.6 Å². The van der Waals surface area contributed by atoms with Gasteiger partial charge in [-0.05, 0) is 81.8 Å². The molecule has 0 atom stereocenters. The fraction of sp³-hybridized carbons (Fsp3) is 0.318. The molecule has 2 rings (SSSR count). The van der Waals surface area contributed by atoms with Crippen LogP contribution in [0.5, 0.6) is 5.75 Å². The molecule has 0 aliphatic carbocycles. The van der Waals surface area contributed by atoms with Crippen molar-refractivity contribution in [2.45, 2.75) is 32.3 Å². The van der Waals surface area contributed by atoms with Crippen molar-refractivity contribution in [2.24, 2.45) is 22.2 Å². The van der Waals surface area contributed by atoms with Crippen LogP contribution in [0.2, 0.25) is 5.02 Å². The smallest absolute Gasteiger partial charge is 0.347 e. The summed E-state index contributed by atoms with van der Waals surface area (Å²) < 4.78 is 5.39. The van der Waals surface area contributed by atoms with E-state index in [4.69, 9.17) is 38.6 Å². The van der Waals surface area contributed by atoms with E-state index in [1.165, 1.54) is 13.8 Å². The highest BCUT2D eigenvalue weighted by atomic mass is 35.5. The average Bonchev–Trinajstić information content (AvgIpc) is 2.72. The number of aliphatic carboxylic acids is 1. The third kappa shape index (κ3) is 9.50. The Labute approximate surface area is 187 Å². The second-order valence-corrected chi connectivity index (χ2v) is 7.52. The number of benzene rings is 2. The maximum Gasteiger partial charge on any atom is 0.347 e. The number of hydrogen-bond donors (Lipinski definition) is 4. The number of hydrogen-bond acceptors (Lipinski definition) is 5. The molecule has 8 nitrogen and oxygen atoms in total. The molecule has 31 heavy (non-hydrogen) atoms. The number of carboxylic acid groups (broad SMARTS) is 1. The van der Waals surface area contributed by atoms with Crippen molar-refractivity contribution in [3.8, 4) is 5.75 Å². The highest BCUT2D eigenvalue weighted by Crippen LogP contribution is 2.21. The first-order valence-corrected chi connectivity index (χ1v) is 10.0. The molecule has 2 aromatic rings. The molecule has 0 saturated heterocycles. The topological polar surface area (TPSA) is 154 Å². The number of guanidine groups is 1. The summed E-state index contributed by atoms with van der Waals surface area (Å²) in [6.45, 7) is 4.32. The summed E-state index contributed by atoms with van der Waals surface area (Å²) in [5.41, 5.74) is 15.1. The van der Waals surface area contributed by atoms with Crippen LogP contribution in [0.1, 0.15) is 42.6 Å².